The van der Waals surface area contributed by atoms with Gasteiger partial charge in [0.15, 0.2) is 0 Å². The summed E-state index contributed by atoms with van der Waals surface area (Å²) in [5.74, 6) is 0.672. The summed E-state index contributed by atoms with van der Waals surface area (Å²) >= 11 is 11.9. The van der Waals surface area contributed by atoms with Crippen LogP contribution in [-0.2, 0) is 4.74 Å². The van der Waals surface area contributed by atoms with Crippen LogP contribution >= 0.6 is 23.2 Å². The van der Waals surface area contributed by atoms with Crippen molar-refractivity contribution >= 4 is 23.2 Å². The smallest absolute Gasteiger partial charge is 0.0595 e. The standard InChI is InChI=1S/C14H19Cl2NO/c1-2-18-11-5-9(6-11)7-14(17)10-3-4-12(15)13(16)8-10/h3-4,8-9,11,14H,2,5-7,17H2,1H3. The lowest BCUT2D eigenvalue weighted by molar-refractivity contribution is -0.0282. The van der Waals surface area contributed by atoms with E-state index in [2.05, 4.69) is 0 Å². The Bertz CT molecular complexity index is 405. The maximum atomic E-state index is 6.20. The minimum absolute atomic E-state index is 0.0346. The number of benzene rings is 1. The van der Waals surface area contributed by atoms with E-state index in [9.17, 15) is 0 Å². The fourth-order valence-corrected chi connectivity index (χ4v) is 2.78. The van der Waals surface area contributed by atoms with Gasteiger partial charge in [-0.1, -0.05) is 29.3 Å². The molecule has 1 aliphatic carbocycles. The minimum Gasteiger partial charge on any atom is -0.378 e. The highest BCUT2D eigenvalue weighted by molar-refractivity contribution is 6.42. The average molecular weight is 288 g/mol. The Kier molecular flexibility index (Phi) is 4.91. The van der Waals surface area contributed by atoms with Gasteiger partial charge in [-0.25, -0.2) is 0 Å². The maximum Gasteiger partial charge on any atom is 0.0595 e. The van der Waals surface area contributed by atoms with Crippen molar-refractivity contribution in [1.29, 1.82) is 0 Å². The second-order valence-electron chi connectivity index (χ2n) is 4.93. The van der Waals surface area contributed by atoms with Gasteiger partial charge in [0.2, 0.25) is 0 Å². The number of rotatable bonds is 5. The van der Waals surface area contributed by atoms with Gasteiger partial charge in [-0.15, -0.1) is 0 Å². The maximum absolute atomic E-state index is 6.20. The average Bonchev–Trinajstić information content (AvgIpc) is 2.30. The van der Waals surface area contributed by atoms with Crippen LogP contribution in [0.25, 0.3) is 0 Å². The highest BCUT2D eigenvalue weighted by Crippen LogP contribution is 2.37. The summed E-state index contributed by atoms with van der Waals surface area (Å²) in [5.41, 5.74) is 7.26. The van der Waals surface area contributed by atoms with Crippen LogP contribution in [0.5, 0.6) is 0 Å². The third kappa shape index (κ3) is 3.39. The number of nitrogens with two attached hydrogens (primary N) is 1. The van der Waals surface area contributed by atoms with Crippen LogP contribution < -0.4 is 5.73 Å². The van der Waals surface area contributed by atoms with Crippen molar-refractivity contribution < 1.29 is 4.74 Å². The Morgan fingerprint density at radius 2 is 2.06 bits per heavy atom. The Morgan fingerprint density at radius 3 is 2.67 bits per heavy atom. The van der Waals surface area contributed by atoms with E-state index in [0.717, 1.165) is 31.4 Å². The first-order chi connectivity index (χ1) is 8.60. The van der Waals surface area contributed by atoms with E-state index < -0.39 is 0 Å². The van der Waals surface area contributed by atoms with Gasteiger partial charge in [-0.05, 0) is 49.8 Å². The SMILES string of the molecule is CCOC1CC(CC(N)c2ccc(Cl)c(Cl)c2)C1. The summed E-state index contributed by atoms with van der Waals surface area (Å²) in [4.78, 5) is 0. The molecule has 1 aromatic rings. The number of hydrogen-bond donors (Lipinski definition) is 1. The molecule has 0 aliphatic heterocycles. The van der Waals surface area contributed by atoms with E-state index in [1.165, 1.54) is 0 Å². The Balaban J connectivity index is 1.85. The lowest BCUT2D eigenvalue weighted by Gasteiger charge is -2.36. The molecule has 0 bridgehead atoms. The molecule has 0 heterocycles. The minimum atomic E-state index is 0.0346. The molecule has 1 aromatic carbocycles. The Morgan fingerprint density at radius 1 is 1.33 bits per heavy atom. The van der Waals surface area contributed by atoms with Crippen LogP contribution in [0.15, 0.2) is 18.2 Å². The van der Waals surface area contributed by atoms with Crippen LogP contribution in [0.2, 0.25) is 10.0 Å². The molecule has 18 heavy (non-hydrogen) atoms. The molecule has 1 saturated carbocycles. The summed E-state index contributed by atoms with van der Waals surface area (Å²) < 4.78 is 5.55. The van der Waals surface area contributed by atoms with Crippen LogP contribution in [-0.4, -0.2) is 12.7 Å². The van der Waals surface area contributed by atoms with Crippen molar-refractivity contribution in [3.63, 3.8) is 0 Å². The van der Waals surface area contributed by atoms with Gasteiger partial charge in [0.1, 0.15) is 0 Å². The molecule has 1 aliphatic rings. The molecule has 0 aromatic heterocycles. The summed E-state index contributed by atoms with van der Waals surface area (Å²) in [6, 6.07) is 5.67. The first-order valence-electron chi connectivity index (χ1n) is 6.42. The number of halogens is 2. The van der Waals surface area contributed by atoms with Crippen molar-refractivity contribution in [2.75, 3.05) is 6.61 Å². The third-order valence-corrected chi connectivity index (χ3v) is 4.29. The van der Waals surface area contributed by atoms with Gasteiger partial charge in [0.25, 0.3) is 0 Å². The van der Waals surface area contributed by atoms with E-state index in [1.54, 1.807) is 0 Å². The van der Waals surface area contributed by atoms with Crippen molar-refractivity contribution in [1.82, 2.24) is 0 Å². The van der Waals surface area contributed by atoms with E-state index in [1.807, 2.05) is 25.1 Å². The highest BCUT2D eigenvalue weighted by atomic mass is 35.5. The molecular weight excluding hydrogens is 269 g/mol. The van der Waals surface area contributed by atoms with Gasteiger partial charge in [-0.3, -0.25) is 0 Å². The van der Waals surface area contributed by atoms with Crippen LogP contribution in [0.3, 0.4) is 0 Å². The number of ether oxygens (including phenoxy) is 1. The second kappa shape index (κ2) is 6.25. The van der Waals surface area contributed by atoms with Gasteiger partial charge >= 0.3 is 0 Å². The summed E-state index contributed by atoms with van der Waals surface area (Å²) in [7, 11) is 0. The van der Waals surface area contributed by atoms with E-state index in [4.69, 9.17) is 33.7 Å². The summed E-state index contributed by atoms with van der Waals surface area (Å²) in [6.45, 7) is 2.84. The largest absolute Gasteiger partial charge is 0.378 e. The third-order valence-electron chi connectivity index (χ3n) is 3.55. The molecule has 2 nitrogen and oxygen atoms in total. The molecule has 2 N–H and O–H groups in total. The van der Waals surface area contributed by atoms with E-state index in [-0.39, 0.29) is 6.04 Å². The van der Waals surface area contributed by atoms with E-state index in [0.29, 0.717) is 22.1 Å². The lowest BCUT2D eigenvalue weighted by Crippen LogP contribution is -2.33. The Hall–Kier alpha value is -0.280. The van der Waals surface area contributed by atoms with Crippen molar-refractivity contribution in [2.24, 2.45) is 11.7 Å². The molecule has 2 rings (SSSR count). The molecule has 1 atom stereocenters. The summed E-state index contributed by atoms with van der Waals surface area (Å²) in [6.07, 6.45) is 3.69. The quantitative estimate of drug-likeness (QED) is 0.881. The van der Waals surface area contributed by atoms with Crippen molar-refractivity contribution in [2.45, 2.75) is 38.3 Å². The molecule has 4 heteroatoms. The fourth-order valence-electron chi connectivity index (χ4n) is 2.48. The van der Waals surface area contributed by atoms with Crippen molar-refractivity contribution in [3.05, 3.63) is 33.8 Å². The molecule has 1 unspecified atom stereocenters. The fraction of sp³-hybridized carbons (Fsp3) is 0.571. The normalized spacial score (nSPS) is 24.7. The van der Waals surface area contributed by atoms with E-state index >= 15 is 0 Å². The van der Waals surface area contributed by atoms with Crippen LogP contribution in [0, 0.1) is 5.92 Å². The lowest BCUT2D eigenvalue weighted by atomic mass is 9.77. The molecular formula is C14H19Cl2NO. The van der Waals surface area contributed by atoms with Gasteiger partial charge in [0, 0.05) is 12.6 Å². The van der Waals surface area contributed by atoms with Gasteiger partial charge < -0.3 is 10.5 Å². The van der Waals surface area contributed by atoms with Crippen LogP contribution in [0.1, 0.15) is 37.8 Å². The molecule has 100 valence electrons. The van der Waals surface area contributed by atoms with Crippen molar-refractivity contribution in [3.8, 4) is 0 Å². The topological polar surface area (TPSA) is 35.2 Å². The first kappa shape index (κ1) is 14.1. The molecule has 0 spiro atoms. The van der Waals surface area contributed by atoms with Gasteiger partial charge in [0.05, 0.1) is 16.1 Å². The number of hydrogen-bond acceptors (Lipinski definition) is 2. The molecule has 0 radical (unpaired) electrons. The highest BCUT2D eigenvalue weighted by Gasteiger charge is 2.30. The Labute approximate surface area is 118 Å². The predicted octanol–water partition coefficient (Wildman–Crippen LogP) is 4.20. The molecule has 0 saturated heterocycles. The zero-order valence-corrected chi connectivity index (χ0v) is 12.0. The monoisotopic (exact) mass is 287 g/mol. The zero-order chi connectivity index (χ0) is 13.1. The van der Waals surface area contributed by atoms with Gasteiger partial charge in [-0.2, -0.15) is 0 Å². The van der Waals surface area contributed by atoms with Crippen LogP contribution in [0.4, 0.5) is 0 Å². The first-order valence-corrected chi connectivity index (χ1v) is 7.17. The summed E-state index contributed by atoms with van der Waals surface area (Å²) in [5, 5.41) is 1.15. The predicted molar refractivity (Wildman–Crippen MR) is 76.1 cm³/mol. The molecule has 0 amide bonds. The zero-order valence-electron chi connectivity index (χ0n) is 10.5. The second-order valence-corrected chi connectivity index (χ2v) is 5.74. The molecule has 1 fully saturated rings.